The summed E-state index contributed by atoms with van der Waals surface area (Å²) in [5.74, 6) is 0. The van der Waals surface area contributed by atoms with Crippen LogP contribution >= 0.6 is 11.6 Å². The standard InChI is InChI=1S/C20H17ClN2O2S/c1-15(22-23-26(24,25)20-13-11-19(21)12-14-20)16-7-9-18(10-8-16)17-5-3-2-4-6-17/h2-14,23H,1H3. The van der Waals surface area contributed by atoms with E-state index in [1.165, 1.54) is 24.3 Å². The number of nitrogens with zero attached hydrogens (tertiary/aromatic N) is 1. The third-order valence-corrected chi connectivity index (χ3v) is 5.34. The van der Waals surface area contributed by atoms with E-state index in [4.69, 9.17) is 11.6 Å². The van der Waals surface area contributed by atoms with Crippen LogP contribution in [0.2, 0.25) is 5.02 Å². The van der Waals surface area contributed by atoms with Gasteiger partial charge in [0.1, 0.15) is 0 Å². The maximum Gasteiger partial charge on any atom is 0.276 e. The van der Waals surface area contributed by atoms with Crippen LogP contribution in [0.4, 0.5) is 0 Å². The number of sulfonamides is 1. The van der Waals surface area contributed by atoms with Crippen molar-refractivity contribution in [3.63, 3.8) is 0 Å². The molecule has 1 N–H and O–H groups in total. The molecule has 4 nitrogen and oxygen atoms in total. The summed E-state index contributed by atoms with van der Waals surface area (Å²) < 4.78 is 24.5. The van der Waals surface area contributed by atoms with Gasteiger partial charge in [0.05, 0.1) is 10.6 Å². The fraction of sp³-hybridized carbons (Fsp3) is 0.0500. The Labute approximate surface area is 158 Å². The number of hydrogen-bond donors (Lipinski definition) is 1. The quantitative estimate of drug-likeness (QED) is 0.511. The number of hydrogen-bond acceptors (Lipinski definition) is 3. The molecule has 132 valence electrons. The third kappa shape index (κ3) is 4.31. The largest absolute Gasteiger partial charge is 0.276 e. The maximum atomic E-state index is 12.3. The highest BCUT2D eigenvalue weighted by Crippen LogP contribution is 2.19. The van der Waals surface area contributed by atoms with Gasteiger partial charge in [-0.1, -0.05) is 66.2 Å². The Bertz CT molecular complexity index is 1010. The summed E-state index contributed by atoms with van der Waals surface area (Å²) in [4.78, 5) is 2.37. The van der Waals surface area contributed by atoms with Gasteiger partial charge in [0.15, 0.2) is 0 Å². The minimum atomic E-state index is -3.73. The molecule has 0 bridgehead atoms. The molecule has 0 aliphatic heterocycles. The molecule has 0 saturated carbocycles. The number of hydrazone groups is 1. The average Bonchev–Trinajstić information content (AvgIpc) is 2.67. The van der Waals surface area contributed by atoms with E-state index in [1.54, 1.807) is 6.92 Å². The van der Waals surface area contributed by atoms with Crippen LogP contribution in [0.15, 0.2) is 88.9 Å². The predicted octanol–water partition coefficient (Wildman–Crippen LogP) is 4.71. The second-order valence-electron chi connectivity index (χ2n) is 5.69. The zero-order valence-electron chi connectivity index (χ0n) is 14.1. The molecule has 0 aliphatic rings. The SMILES string of the molecule is CC(=NNS(=O)(=O)c1ccc(Cl)cc1)c1ccc(-c2ccccc2)cc1. The zero-order chi connectivity index (χ0) is 18.6. The monoisotopic (exact) mass is 384 g/mol. The Morgan fingerprint density at radius 2 is 1.42 bits per heavy atom. The van der Waals surface area contributed by atoms with Crippen molar-refractivity contribution in [2.45, 2.75) is 11.8 Å². The number of halogens is 1. The summed E-state index contributed by atoms with van der Waals surface area (Å²) in [6, 6.07) is 23.7. The molecule has 0 radical (unpaired) electrons. The molecule has 3 aromatic carbocycles. The van der Waals surface area contributed by atoms with Gasteiger partial charge in [-0.25, -0.2) is 0 Å². The van der Waals surface area contributed by atoms with Gasteiger partial charge >= 0.3 is 0 Å². The number of nitrogens with one attached hydrogen (secondary N) is 1. The summed E-state index contributed by atoms with van der Waals surface area (Å²) in [5, 5.41) is 4.49. The van der Waals surface area contributed by atoms with Gasteiger partial charge in [-0.05, 0) is 47.9 Å². The molecule has 0 aromatic heterocycles. The Balaban J connectivity index is 1.76. The van der Waals surface area contributed by atoms with Crippen molar-refractivity contribution in [2.75, 3.05) is 0 Å². The minimum Gasteiger partial charge on any atom is -0.200 e. The lowest BCUT2D eigenvalue weighted by Crippen LogP contribution is -2.19. The van der Waals surface area contributed by atoms with E-state index < -0.39 is 10.0 Å². The van der Waals surface area contributed by atoms with Gasteiger partial charge < -0.3 is 0 Å². The first kappa shape index (κ1) is 18.2. The fourth-order valence-electron chi connectivity index (χ4n) is 2.39. The van der Waals surface area contributed by atoms with Gasteiger partial charge in [-0.2, -0.15) is 18.4 Å². The third-order valence-electron chi connectivity index (χ3n) is 3.87. The van der Waals surface area contributed by atoms with Crippen molar-refractivity contribution in [1.82, 2.24) is 4.83 Å². The molecule has 0 fully saturated rings. The van der Waals surface area contributed by atoms with Crippen LogP contribution in [0.5, 0.6) is 0 Å². The van der Waals surface area contributed by atoms with E-state index >= 15 is 0 Å². The van der Waals surface area contributed by atoms with Crippen molar-refractivity contribution >= 4 is 27.3 Å². The van der Waals surface area contributed by atoms with Gasteiger partial charge in [-0.3, -0.25) is 0 Å². The lowest BCUT2D eigenvalue weighted by atomic mass is 10.0. The van der Waals surface area contributed by atoms with Crippen LogP contribution in [0.3, 0.4) is 0 Å². The van der Waals surface area contributed by atoms with E-state index in [2.05, 4.69) is 9.93 Å². The first-order valence-corrected chi connectivity index (χ1v) is 9.79. The van der Waals surface area contributed by atoms with E-state index in [9.17, 15) is 8.42 Å². The molecule has 0 unspecified atom stereocenters. The van der Waals surface area contributed by atoms with Crippen molar-refractivity contribution in [2.24, 2.45) is 5.10 Å². The van der Waals surface area contributed by atoms with Crippen LogP contribution in [-0.2, 0) is 10.0 Å². The molecule has 0 amide bonds. The van der Waals surface area contributed by atoms with Gasteiger partial charge in [0, 0.05) is 5.02 Å². The highest BCUT2D eigenvalue weighted by molar-refractivity contribution is 7.89. The number of benzene rings is 3. The molecule has 0 atom stereocenters. The van der Waals surface area contributed by atoms with Crippen molar-refractivity contribution in [3.8, 4) is 11.1 Å². The smallest absolute Gasteiger partial charge is 0.200 e. The van der Waals surface area contributed by atoms with Gasteiger partial charge in [0.2, 0.25) is 0 Å². The van der Waals surface area contributed by atoms with E-state index in [0.29, 0.717) is 10.7 Å². The first-order chi connectivity index (χ1) is 12.5. The normalized spacial score (nSPS) is 12.0. The first-order valence-electron chi connectivity index (χ1n) is 7.93. The molecule has 26 heavy (non-hydrogen) atoms. The van der Waals surface area contributed by atoms with Crippen LogP contribution in [-0.4, -0.2) is 14.1 Å². The molecule has 0 spiro atoms. The van der Waals surface area contributed by atoms with Gasteiger partial charge in [0.25, 0.3) is 10.0 Å². The van der Waals surface area contributed by atoms with Gasteiger partial charge in [-0.15, -0.1) is 0 Å². The van der Waals surface area contributed by atoms with Crippen LogP contribution in [0, 0.1) is 0 Å². The maximum absolute atomic E-state index is 12.3. The summed E-state index contributed by atoms with van der Waals surface area (Å²) in [6.07, 6.45) is 0. The second kappa shape index (κ2) is 7.72. The van der Waals surface area contributed by atoms with E-state index in [0.717, 1.165) is 16.7 Å². The lowest BCUT2D eigenvalue weighted by Gasteiger charge is -2.07. The lowest BCUT2D eigenvalue weighted by molar-refractivity contribution is 0.584. The van der Waals surface area contributed by atoms with Crippen LogP contribution in [0.1, 0.15) is 12.5 Å². The predicted molar refractivity (Wildman–Crippen MR) is 106 cm³/mol. The van der Waals surface area contributed by atoms with Crippen molar-refractivity contribution in [1.29, 1.82) is 0 Å². The van der Waals surface area contributed by atoms with E-state index in [1.807, 2.05) is 54.6 Å². The van der Waals surface area contributed by atoms with Crippen molar-refractivity contribution in [3.05, 3.63) is 89.4 Å². The molecular formula is C20H17ClN2O2S. The van der Waals surface area contributed by atoms with Crippen molar-refractivity contribution < 1.29 is 8.42 Å². The average molecular weight is 385 g/mol. The Morgan fingerprint density at radius 1 is 0.846 bits per heavy atom. The Hall–Kier alpha value is -2.63. The van der Waals surface area contributed by atoms with Crippen LogP contribution in [0.25, 0.3) is 11.1 Å². The summed E-state index contributed by atoms with van der Waals surface area (Å²) in [5.41, 5.74) is 3.62. The molecule has 3 rings (SSSR count). The summed E-state index contributed by atoms with van der Waals surface area (Å²) in [6.45, 7) is 1.75. The fourth-order valence-corrected chi connectivity index (χ4v) is 3.38. The molecule has 0 aliphatic carbocycles. The molecule has 6 heteroatoms. The Kier molecular flexibility index (Phi) is 5.40. The Morgan fingerprint density at radius 3 is 2.04 bits per heavy atom. The second-order valence-corrected chi connectivity index (χ2v) is 7.79. The number of rotatable bonds is 5. The molecular weight excluding hydrogens is 368 g/mol. The minimum absolute atomic E-state index is 0.109. The highest BCUT2D eigenvalue weighted by atomic mass is 35.5. The molecule has 0 heterocycles. The molecule has 3 aromatic rings. The van der Waals surface area contributed by atoms with E-state index in [-0.39, 0.29) is 4.90 Å². The summed E-state index contributed by atoms with van der Waals surface area (Å²) >= 11 is 5.78. The topological polar surface area (TPSA) is 58.5 Å². The van der Waals surface area contributed by atoms with Crippen LogP contribution < -0.4 is 4.83 Å². The summed E-state index contributed by atoms with van der Waals surface area (Å²) in [7, 11) is -3.73. The zero-order valence-corrected chi connectivity index (χ0v) is 15.6. The highest BCUT2D eigenvalue weighted by Gasteiger charge is 2.12. The molecule has 0 saturated heterocycles.